The molecule has 0 aliphatic rings. The summed E-state index contributed by atoms with van der Waals surface area (Å²) >= 11 is 0. The van der Waals surface area contributed by atoms with Crippen LogP contribution in [0.2, 0.25) is 0 Å². The lowest BCUT2D eigenvalue weighted by Gasteiger charge is -2.05. The van der Waals surface area contributed by atoms with Gasteiger partial charge in [-0.2, -0.15) is 0 Å². The summed E-state index contributed by atoms with van der Waals surface area (Å²) in [5.41, 5.74) is 1.20. The summed E-state index contributed by atoms with van der Waals surface area (Å²) < 4.78 is 0. The number of hydrogen-bond donors (Lipinski definition) is 2. The molecule has 23 heavy (non-hydrogen) atoms. The fraction of sp³-hybridized carbons (Fsp3) is 0.714. The second-order valence-corrected chi connectivity index (χ2v) is 3.57. The van der Waals surface area contributed by atoms with Gasteiger partial charge in [-0.3, -0.25) is 0 Å². The van der Waals surface area contributed by atoms with Gasteiger partial charge in [0.15, 0.2) is 0 Å². The predicted octanol–water partition coefficient (Wildman–Crippen LogP) is 6.49. The van der Waals surface area contributed by atoms with Crippen LogP contribution in [0.5, 0.6) is 0 Å². The standard InChI is InChI=1S/C10H14O2.C3H8.4C2H6/c11-8-10(12)7-6-9-4-2-1-3-5-9;1-3-2;4*1-2/h1-5,10-12H,6-8H2;3H2,1-2H3;4*1-2H3. The monoisotopic (exact) mass is 330 g/mol. The van der Waals surface area contributed by atoms with Gasteiger partial charge in [-0.1, -0.05) is 106 Å². The van der Waals surface area contributed by atoms with Gasteiger partial charge in [0.25, 0.3) is 0 Å². The lowest BCUT2D eigenvalue weighted by Crippen LogP contribution is -2.12. The number of hydrogen-bond acceptors (Lipinski definition) is 2. The van der Waals surface area contributed by atoms with E-state index in [0.717, 1.165) is 6.42 Å². The van der Waals surface area contributed by atoms with Crippen molar-refractivity contribution in [3.63, 3.8) is 0 Å². The van der Waals surface area contributed by atoms with Gasteiger partial charge in [0.1, 0.15) is 0 Å². The van der Waals surface area contributed by atoms with Crippen molar-refractivity contribution in [3.05, 3.63) is 35.9 Å². The van der Waals surface area contributed by atoms with Crippen LogP contribution in [-0.4, -0.2) is 22.9 Å². The van der Waals surface area contributed by atoms with Gasteiger partial charge < -0.3 is 10.2 Å². The first-order chi connectivity index (χ1) is 11.2. The Bertz CT molecular complexity index is 223. The van der Waals surface area contributed by atoms with E-state index in [4.69, 9.17) is 10.2 Å². The zero-order chi connectivity index (χ0) is 19.5. The predicted molar refractivity (Wildman–Crippen MR) is 109 cm³/mol. The number of rotatable bonds is 4. The molecule has 0 saturated carbocycles. The average Bonchev–Trinajstić information content (AvgIpc) is 2.67. The van der Waals surface area contributed by atoms with Crippen LogP contribution in [0.15, 0.2) is 30.3 Å². The van der Waals surface area contributed by atoms with Crippen LogP contribution in [0.1, 0.15) is 87.6 Å². The summed E-state index contributed by atoms with van der Waals surface area (Å²) in [6, 6.07) is 9.95. The largest absolute Gasteiger partial charge is 0.394 e. The zero-order valence-corrected chi connectivity index (χ0v) is 17.7. The Morgan fingerprint density at radius 3 is 1.43 bits per heavy atom. The molecular weight excluding hydrogens is 284 g/mol. The lowest BCUT2D eigenvalue weighted by molar-refractivity contribution is 0.0886. The molecule has 0 fully saturated rings. The first kappa shape index (κ1) is 33.7. The van der Waals surface area contributed by atoms with Crippen molar-refractivity contribution in [1.82, 2.24) is 0 Å². The Hall–Kier alpha value is -0.860. The second kappa shape index (κ2) is 42.9. The zero-order valence-electron chi connectivity index (χ0n) is 17.7. The third kappa shape index (κ3) is 38.7. The molecule has 2 heteroatoms. The molecule has 2 N–H and O–H groups in total. The van der Waals surface area contributed by atoms with Crippen LogP contribution in [0, 0.1) is 0 Å². The number of aliphatic hydroxyl groups is 2. The third-order valence-electron chi connectivity index (χ3n) is 1.82. The SMILES string of the molecule is CC.CC.CC.CC.CCC.OCC(O)CCc1ccccc1. The van der Waals surface area contributed by atoms with E-state index >= 15 is 0 Å². The van der Waals surface area contributed by atoms with Gasteiger partial charge in [0.2, 0.25) is 0 Å². The Kier molecular flexibility index (Phi) is 62.8. The highest BCUT2D eigenvalue weighted by Gasteiger charge is 2.01. The quantitative estimate of drug-likeness (QED) is 0.662. The summed E-state index contributed by atoms with van der Waals surface area (Å²) in [6.45, 7) is 20.1. The van der Waals surface area contributed by atoms with Crippen molar-refractivity contribution in [2.75, 3.05) is 6.61 Å². The minimum atomic E-state index is -0.579. The highest BCUT2D eigenvalue weighted by atomic mass is 16.3. The van der Waals surface area contributed by atoms with E-state index in [1.165, 1.54) is 12.0 Å². The molecule has 1 aromatic rings. The molecule has 0 heterocycles. The fourth-order valence-corrected chi connectivity index (χ4v) is 1.07. The molecule has 1 atom stereocenters. The molecule has 0 aromatic heterocycles. The summed E-state index contributed by atoms with van der Waals surface area (Å²) in [5, 5.41) is 17.6. The minimum Gasteiger partial charge on any atom is -0.394 e. The Morgan fingerprint density at radius 2 is 1.13 bits per heavy atom. The van der Waals surface area contributed by atoms with Gasteiger partial charge in [0.05, 0.1) is 12.7 Å². The first-order valence-corrected chi connectivity index (χ1v) is 9.57. The molecule has 0 aliphatic heterocycles. The topological polar surface area (TPSA) is 40.5 Å². The van der Waals surface area contributed by atoms with E-state index in [1.54, 1.807) is 0 Å². The van der Waals surface area contributed by atoms with Gasteiger partial charge in [0, 0.05) is 0 Å². The van der Waals surface area contributed by atoms with E-state index in [9.17, 15) is 0 Å². The van der Waals surface area contributed by atoms with Crippen LogP contribution < -0.4 is 0 Å². The molecule has 1 rings (SSSR count). The van der Waals surface area contributed by atoms with Gasteiger partial charge in [-0.25, -0.2) is 0 Å². The molecular formula is C21H46O2. The summed E-state index contributed by atoms with van der Waals surface area (Å²) in [4.78, 5) is 0. The summed E-state index contributed by atoms with van der Waals surface area (Å²) in [6.07, 6.45) is 2.12. The van der Waals surface area contributed by atoms with E-state index in [-0.39, 0.29) is 6.61 Å². The van der Waals surface area contributed by atoms with Crippen molar-refractivity contribution in [2.45, 2.75) is 94.6 Å². The Morgan fingerprint density at radius 1 is 0.783 bits per heavy atom. The fourth-order valence-electron chi connectivity index (χ4n) is 1.07. The minimum absolute atomic E-state index is 0.146. The van der Waals surface area contributed by atoms with Crippen molar-refractivity contribution in [3.8, 4) is 0 Å². The molecule has 0 aliphatic carbocycles. The summed E-state index contributed by atoms with van der Waals surface area (Å²) in [5.74, 6) is 0. The van der Waals surface area contributed by atoms with Crippen LogP contribution in [0.4, 0.5) is 0 Å². The Labute approximate surface area is 148 Å². The molecule has 0 amide bonds. The van der Waals surface area contributed by atoms with E-state index in [2.05, 4.69) is 13.8 Å². The lowest BCUT2D eigenvalue weighted by atomic mass is 10.1. The Balaban J connectivity index is -0.0000000829. The molecule has 0 bridgehead atoms. The van der Waals surface area contributed by atoms with Crippen molar-refractivity contribution >= 4 is 0 Å². The van der Waals surface area contributed by atoms with E-state index in [1.807, 2.05) is 85.7 Å². The second-order valence-electron chi connectivity index (χ2n) is 3.57. The highest BCUT2D eigenvalue weighted by molar-refractivity contribution is 5.14. The van der Waals surface area contributed by atoms with Crippen LogP contribution in [-0.2, 0) is 6.42 Å². The van der Waals surface area contributed by atoms with Crippen LogP contribution >= 0.6 is 0 Å². The van der Waals surface area contributed by atoms with E-state index in [0.29, 0.717) is 6.42 Å². The molecule has 0 radical (unpaired) electrons. The van der Waals surface area contributed by atoms with Crippen molar-refractivity contribution < 1.29 is 10.2 Å². The average molecular weight is 331 g/mol. The van der Waals surface area contributed by atoms with Gasteiger partial charge in [-0.05, 0) is 18.4 Å². The van der Waals surface area contributed by atoms with Crippen molar-refractivity contribution in [2.24, 2.45) is 0 Å². The van der Waals surface area contributed by atoms with Crippen LogP contribution in [0.25, 0.3) is 0 Å². The smallest absolute Gasteiger partial charge is 0.0774 e. The van der Waals surface area contributed by atoms with Crippen LogP contribution in [0.3, 0.4) is 0 Å². The third-order valence-corrected chi connectivity index (χ3v) is 1.82. The maximum absolute atomic E-state index is 9.07. The van der Waals surface area contributed by atoms with Crippen molar-refractivity contribution in [1.29, 1.82) is 0 Å². The summed E-state index contributed by atoms with van der Waals surface area (Å²) in [7, 11) is 0. The number of aliphatic hydroxyl groups excluding tert-OH is 2. The number of aryl methyl sites for hydroxylation is 1. The highest BCUT2D eigenvalue weighted by Crippen LogP contribution is 2.04. The molecule has 0 saturated heterocycles. The maximum atomic E-state index is 9.07. The van der Waals surface area contributed by atoms with E-state index < -0.39 is 6.10 Å². The molecule has 2 nitrogen and oxygen atoms in total. The van der Waals surface area contributed by atoms with Gasteiger partial charge in [-0.15, -0.1) is 0 Å². The first-order valence-electron chi connectivity index (χ1n) is 9.57. The molecule has 1 aromatic carbocycles. The molecule has 0 spiro atoms. The molecule has 1 unspecified atom stereocenters. The normalized spacial score (nSPS) is 8.52. The maximum Gasteiger partial charge on any atom is 0.0774 e. The number of benzene rings is 1. The van der Waals surface area contributed by atoms with Gasteiger partial charge >= 0.3 is 0 Å². The molecule has 142 valence electrons.